The number of carbonyl (C=O) groups is 1. The maximum atomic E-state index is 13.2. The van der Waals surface area contributed by atoms with Crippen molar-refractivity contribution in [2.45, 2.75) is 44.2 Å². The Hall–Kier alpha value is -2.37. The zero-order chi connectivity index (χ0) is 19.3. The molecule has 2 aromatic carbocycles. The average Bonchev–Trinajstić information content (AvgIpc) is 3.39. The third-order valence-electron chi connectivity index (χ3n) is 5.99. The number of hydrogen-bond donors (Lipinski definition) is 1. The van der Waals surface area contributed by atoms with Crippen molar-refractivity contribution < 1.29 is 9.90 Å². The molecule has 2 aliphatic rings. The first-order valence-electron chi connectivity index (χ1n) is 9.81. The van der Waals surface area contributed by atoms with E-state index in [2.05, 4.69) is 10.6 Å². The fraction of sp³-hybridized carbons (Fsp3) is 0.364. The van der Waals surface area contributed by atoms with E-state index in [4.69, 9.17) is 21.7 Å². The number of amides is 1. The Kier molecular flexibility index (Phi) is 4.18. The Bertz CT molecular complexity index is 1070. The van der Waals surface area contributed by atoms with Crippen molar-refractivity contribution in [2.24, 2.45) is 0 Å². The molecule has 0 atom stereocenters. The molecule has 0 radical (unpaired) electrons. The van der Waals surface area contributed by atoms with Crippen LogP contribution in [0.25, 0.3) is 11.0 Å². The van der Waals surface area contributed by atoms with Gasteiger partial charge < -0.3 is 14.6 Å². The van der Waals surface area contributed by atoms with Crippen LogP contribution in [0.1, 0.15) is 37.1 Å². The van der Waals surface area contributed by atoms with Gasteiger partial charge in [0.05, 0.1) is 23.0 Å². The summed E-state index contributed by atoms with van der Waals surface area (Å²) in [6.45, 7) is 1.38. The maximum absolute atomic E-state index is 13.2. The van der Waals surface area contributed by atoms with E-state index in [0.717, 1.165) is 60.3 Å². The van der Waals surface area contributed by atoms with Gasteiger partial charge in [-0.25, -0.2) is 4.98 Å². The number of unbranched alkanes of at least 4 members (excludes halogenated alkanes) is 1. The second-order valence-corrected chi connectivity index (χ2v) is 8.17. The van der Waals surface area contributed by atoms with Crippen molar-refractivity contribution in [3.8, 4) is 0 Å². The average molecular weight is 396 g/mol. The van der Waals surface area contributed by atoms with Crippen molar-refractivity contribution >= 4 is 34.2 Å². The number of rotatable bonds is 6. The zero-order valence-electron chi connectivity index (χ0n) is 15.6. The van der Waals surface area contributed by atoms with Crippen LogP contribution in [-0.2, 0) is 23.3 Å². The van der Waals surface area contributed by atoms with Gasteiger partial charge in [-0.05, 0) is 55.5 Å². The van der Waals surface area contributed by atoms with Gasteiger partial charge >= 0.3 is 0 Å². The SMILES string of the molecule is O=C1N(Cc2nc3cc(Cl)ccc3n2CCCCO)c2ccccc2C12CC2. The number of imidazole rings is 1. The number of hydrogen-bond acceptors (Lipinski definition) is 3. The minimum atomic E-state index is -0.298. The quantitative estimate of drug-likeness (QED) is 0.641. The van der Waals surface area contributed by atoms with Gasteiger partial charge in [0.25, 0.3) is 0 Å². The number of nitrogens with zero attached hydrogens (tertiary/aromatic N) is 3. The molecule has 1 fully saturated rings. The number of benzene rings is 2. The van der Waals surface area contributed by atoms with Crippen LogP contribution in [0.3, 0.4) is 0 Å². The number of anilines is 1. The standard InChI is InChI=1S/C22H22ClN3O2/c23-15-7-8-19-17(13-15)24-20(25(19)11-3-4-12-27)14-26-18-6-2-1-5-16(18)22(9-10-22)21(26)28/h1-2,5-8,13,27H,3-4,9-12,14H2. The highest BCUT2D eigenvalue weighted by Crippen LogP contribution is 2.57. The van der Waals surface area contributed by atoms with Crippen molar-refractivity contribution in [2.75, 3.05) is 11.5 Å². The molecule has 1 aromatic heterocycles. The van der Waals surface area contributed by atoms with Crippen molar-refractivity contribution in [1.29, 1.82) is 0 Å². The topological polar surface area (TPSA) is 58.4 Å². The van der Waals surface area contributed by atoms with Crippen LogP contribution < -0.4 is 4.90 Å². The molecule has 5 nitrogen and oxygen atoms in total. The number of aryl methyl sites for hydroxylation is 1. The fourth-order valence-corrected chi connectivity index (χ4v) is 4.57. The molecular formula is C22H22ClN3O2. The molecular weight excluding hydrogens is 374 g/mol. The summed E-state index contributed by atoms with van der Waals surface area (Å²) >= 11 is 6.17. The number of fused-ring (bicyclic) bond motifs is 3. The van der Waals surface area contributed by atoms with Gasteiger partial charge in [0, 0.05) is 23.9 Å². The molecule has 1 spiro atoms. The molecule has 0 unspecified atom stereocenters. The van der Waals surface area contributed by atoms with Crippen LogP contribution in [0.4, 0.5) is 5.69 Å². The Labute approximate surface area is 168 Å². The fourth-order valence-electron chi connectivity index (χ4n) is 4.41. The summed E-state index contributed by atoms with van der Waals surface area (Å²) in [4.78, 5) is 19.9. The molecule has 0 saturated heterocycles. The summed E-state index contributed by atoms with van der Waals surface area (Å²) in [5, 5.41) is 9.81. The van der Waals surface area contributed by atoms with Crippen molar-refractivity contribution in [3.63, 3.8) is 0 Å². The highest BCUT2D eigenvalue weighted by Gasteiger charge is 2.59. The summed E-state index contributed by atoms with van der Waals surface area (Å²) in [6, 6.07) is 13.8. The number of aromatic nitrogens is 2. The van der Waals surface area contributed by atoms with E-state index in [-0.39, 0.29) is 17.9 Å². The minimum absolute atomic E-state index is 0.175. The lowest BCUT2D eigenvalue weighted by molar-refractivity contribution is -0.120. The highest BCUT2D eigenvalue weighted by molar-refractivity contribution is 6.31. The molecule has 6 heteroatoms. The van der Waals surface area contributed by atoms with Crippen LogP contribution in [0, 0.1) is 0 Å². The van der Waals surface area contributed by atoms with E-state index in [1.165, 1.54) is 0 Å². The number of aliphatic hydroxyl groups excluding tert-OH is 1. The first kappa shape index (κ1) is 17.7. The molecule has 1 aliphatic carbocycles. The summed E-state index contributed by atoms with van der Waals surface area (Å²) in [5.41, 5.74) is 3.72. The minimum Gasteiger partial charge on any atom is -0.396 e. The molecule has 5 rings (SSSR count). The smallest absolute Gasteiger partial charge is 0.238 e. The Morgan fingerprint density at radius 3 is 2.75 bits per heavy atom. The third-order valence-corrected chi connectivity index (χ3v) is 6.23. The van der Waals surface area contributed by atoms with Gasteiger partial charge in [0.2, 0.25) is 5.91 Å². The molecule has 1 N–H and O–H groups in total. The van der Waals surface area contributed by atoms with E-state index in [1.807, 2.05) is 41.3 Å². The van der Waals surface area contributed by atoms with E-state index in [0.29, 0.717) is 11.6 Å². The number of halogens is 1. The van der Waals surface area contributed by atoms with Gasteiger partial charge in [0.15, 0.2) is 0 Å². The molecule has 28 heavy (non-hydrogen) atoms. The summed E-state index contributed by atoms with van der Waals surface area (Å²) < 4.78 is 2.16. The molecule has 3 aromatic rings. The molecule has 2 heterocycles. The monoisotopic (exact) mass is 395 g/mol. The van der Waals surface area contributed by atoms with Crippen LogP contribution in [-0.4, -0.2) is 27.2 Å². The molecule has 1 amide bonds. The third kappa shape index (κ3) is 2.65. The number of carbonyl (C=O) groups excluding carboxylic acids is 1. The lowest BCUT2D eigenvalue weighted by Gasteiger charge is -2.19. The van der Waals surface area contributed by atoms with Gasteiger partial charge in [-0.15, -0.1) is 0 Å². The van der Waals surface area contributed by atoms with Crippen LogP contribution in [0.15, 0.2) is 42.5 Å². The summed E-state index contributed by atoms with van der Waals surface area (Å²) in [7, 11) is 0. The lowest BCUT2D eigenvalue weighted by Crippen LogP contribution is -2.32. The predicted octanol–water partition coefficient (Wildman–Crippen LogP) is 4.04. The molecule has 144 valence electrons. The molecule has 0 bridgehead atoms. The van der Waals surface area contributed by atoms with Crippen LogP contribution in [0.2, 0.25) is 5.02 Å². The largest absolute Gasteiger partial charge is 0.396 e. The maximum Gasteiger partial charge on any atom is 0.238 e. The van der Waals surface area contributed by atoms with Gasteiger partial charge in [-0.2, -0.15) is 0 Å². The van der Waals surface area contributed by atoms with Gasteiger partial charge in [-0.1, -0.05) is 29.8 Å². The zero-order valence-corrected chi connectivity index (χ0v) is 16.3. The van der Waals surface area contributed by atoms with Crippen LogP contribution >= 0.6 is 11.6 Å². The normalized spacial score (nSPS) is 16.9. The van der Waals surface area contributed by atoms with Crippen molar-refractivity contribution in [3.05, 3.63) is 58.9 Å². The highest BCUT2D eigenvalue weighted by atomic mass is 35.5. The first-order chi connectivity index (χ1) is 13.6. The van der Waals surface area contributed by atoms with Gasteiger partial charge in [-0.3, -0.25) is 4.79 Å². The summed E-state index contributed by atoms with van der Waals surface area (Å²) in [5.74, 6) is 1.05. The predicted molar refractivity (Wildman–Crippen MR) is 110 cm³/mol. The van der Waals surface area contributed by atoms with E-state index in [9.17, 15) is 4.79 Å². The number of para-hydroxylation sites is 1. The Morgan fingerprint density at radius 2 is 1.96 bits per heavy atom. The Balaban J connectivity index is 1.54. The van der Waals surface area contributed by atoms with E-state index in [1.54, 1.807) is 0 Å². The van der Waals surface area contributed by atoms with Crippen molar-refractivity contribution in [1.82, 2.24) is 9.55 Å². The molecule has 1 aliphatic heterocycles. The summed E-state index contributed by atoms with van der Waals surface area (Å²) in [6.07, 6.45) is 3.46. The first-order valence-corrected chi connectivity index (χ1v) is 10.2. The van der Waals surface area contributed by atoms with E-state index < -0.39 is 0 Å². The second kappa shape index (κ2) is 6.61. The van der Waals surface area contributed by atoms with Crippen LogP contribution in [0.5, 0.6) is 0 Å². The Morgan fingerprint density at radius 1 is 1.14 bits per heavy atom. The second-order valence-electron chi connectivity index (χ2n) is 7.73. The lowest BCUT2D eigenvalue weighted by atomic mass is 9.98. The number of aliphatic hydroxyl groups is 1. The van der Waals surface area contributed by atoms with Gasteiger partial charge in [0.1, 0.15) is 5.82 Å². The molecule has 1 saturated carbocycles. The van der Waals surface area contributed by atoms with E-state index >= 15 is 0 Å².